The molecule has 0 aromatic rings. The van der Waals surface area contributed by atoms with Gasteiger partial charge in [0, 0.05) is 19.3 Å². The molecule has 50 valence electrons. The quantitative estimate of drug-likeness (QED) is 0.472. The van der Waals surface area contributed by atoms with Crippen LogP contribution in [0.3, 0.4) is 0 Å². The molecule has 1 rings (SSSR count). The molecule has 0 aliphatic heterocycles. The molecule has 1 aliphatic rings. The first-order valence-corrected chi connectivity index (χ1v) is 3.71. The standard InChI is InChI=1S/C8H13N/c1-3-8(9-2)6-4-5-7-8/h3-7H2,1H3. The average Bonchev–Trinajstić information content (AvgIpc) is 2.36. The molecule has 0 amide bonds. The SMILES string of the molecule is [C-]#[N+]C1(CC)CCCC1. The Bertz CT molecular complexity index is 126. The maximum atomic E-state index is 6.97. The third-order valence-corrected chi connectivity index (χ3v) is 2.43. The summed E-state index contributed by atoms with van der Waals surface area (Å²) in [6, 6.07) is 0. The first-order valence-electron chi connectivity index (χ1n) is 3.71. The van der Waals surface area contributed by atoms with Crippen LogP contribution in [0.15, 0.2) is 0 Å². The van der Waals surface area contributed by atoms with Crippen molar-refractivity contribution in [3.05, 3.63) is 11.4 Å². The maximum absolute atomic E-state index is 6.97. The van der Waals surface area contributed by atoms with Crippen molar-refractivity contribution in [3.63, 3.8) is 0 Å². The molecule has 0 N–H and O–H groups in total. The van der Waals surface area contributed by atoms with Crippen LogP contribution in [-0.2, 0) is 0 Å². The Kier molecular flexibility index (Phi) is 1.75. The van der Waals surface area contributed by atoms with Gasteiger partial charge in [0.15, 0.2) is 0 Å². The smallest absolute Gasteiger partial charge is 0.232 e. The summed E-state index contributed by atoms with van der Waals surface area (Å²) in [5, 5.41) is 0. The van der Waals surface area contributed by atoms with E-state index in [2.05, 4.69) is 11.8 Å². The number of hydrogen-bond donors (Lipinski definition) is 0. The van der Waals surface area contributed by atoms with E-state index >= 15 is 0 Å². The van der Waals surface area contributed by atoms with Crippen molar-refractivity contribution in [2.24, 2.45) is 0 Å². The Hall–Kier alpha value is -0.510. The fourth-order valence-electron chi connectivity index (χ4n) is 1.58. The predicted octanol–water partition coefficient (Wildman–Crippen LogP) is 2.63. The van der Waals surface area contributed by atoms with Crippen LogP contribution in [0.5, 0.6) is 0 Å². The van der Waals surface area contributed by atoms with E-state index in [1.807, 2.05) is 0 Å². The minimum atomic E-state index is 0.0694. The fourth-order valence-corrected chi connectivity index (χ4v) is 1.58. The second-order valence-corrected chi connectivity index (χ2v) is 2.90. The third-order valence-electron chi connectivity index (χ3n) is 2.43. The number of rotatable bonds is 1. The Morgan fingerprint density at radius 3 is 2.22 bits per heavy atom. The van der Waals surface area contributed by atoms with Crippen LogP contribution in [0, 0.1) is 6.57 Å². The van der Waals surface area contributed by atoms with Gasteiger partial charge in [-0.2, -0.15) is 0 Å². The summed E-state index contributed by atoms with van der Waals surface area (Å²) in [4.78, 5) is 3.69. The van der Waals surface area contributed by atoms with Crippen molar-refractivity contribution in [1.29, 1.82) is 0 Å². The van der Waals surface area contributed by atoms with Gasteiger partial charge in [-0.1, -0.05) is 6.92 Å². The zero-order valence-electron chi connectivity index (χ0n) is 5.98. The van der Waals surface area contributed by atoms with Crippen LogP contribution in [0.1, 0.15) is 39.0 Å². The lowest BCUT2D eigenvalue weighted by atomic mass is 9.96. The zero-order valence-corrected chi connectivity index (χ0v) is 5.98. The molecule has 0 bridgehead atoms. The van der Waals surface area contributed by atoms with Crippen LogP contribution in [-0.4, -0.2) is 5.54 Å². The van der Waals surface area contributed by atoms with Crippen LogP contribution in [0.25, 0.3) is 4.85 Å². The molecule has 1 saturated carbocycles. The highest BCUT2D eigenvalue weighted by atomic mass is 14.8. The van der Waals surface area contributed by atoms with Gasteiger partial charge < -0.3 is 4.85 Å². The minimum absolute atomic E-state index is 0.0694. The van der Waals surface area contributed by atoms with E-state index in [4.69, 9.17) is 6.57 Å². The van der Waals surface area contributed by atoms with Gasteiger partial charge in [-0.05, 0) is 12.8 Å². The molecule has 1 fully saturated rings. The molecule has 0 heterocycles. The molecule has 0 saturated heterocycles. The average molecular weight is 123 g/mol. The van der Waals surface area contributed by atoms with Gasteiger partial charge in [0.05, 0.1) is 0 Å². The second kappa shape index (κ2) is 2.39. The molecule has 0 spiro atoms. The van der Waals surface area contributed by atoms with E-state index < -0.39 is 0 Å². The summed E-state index contributed by atoms with van der Waals surface area (Å²) < 4.78 is 0. The van der Waals surface area contributed by atoms with E-state index in [0.29, 0.717) is 0 Å². The summed E-state index contributed by atoms with van der Waals surface area (Å²) in [6.07, 6.45) is 5.89. The highest BCUT2D eigenvalue weighted by Gasteiger charge is 2.37. The normalized spacial score (nSPS) is 23.6. The van der Waals surface area contributed by atoms with Crippen molar-refractivity contribution < 1.29 is 0 Å². The lowest BCUT2D eigenvalue weighted by Gasteiger charge is -2.10. The largest absolute Gasteiger partial charge is 0.310 e. The molecular weight excluding hydrogens is 110 g/mol. The Labute approximate surface area is 56.9 Å². The first-order chi connectivity index (χ1) is 4.33. The van der Waals surface area contributed by atoms with Crippen molar-refractivity contribution in [2.75, 3.05) is 0 Å². The predicted molar refractivity (Wildman–Crippen MR) is 38.1 cm³/mol. The van der Waals surface area contributed by atoms with E-state index in [1.165, 1.54) is 12.8 Å². The molecule has 1 nitrogen and oxygen atoms in total. The van der Waals surface area contributed by atoms with Gasteiger partial charge in [0.1, 0.15) is 0 Å². The molecule has 0 radical (unpaired) electrons. The molecule has 9 heavy (non-hydrogen) atoms. The molecule has 1 aliphatic carbocycles. The maximum Gasteiger partial charge on any atom is 0.232 e. The Morgan fingerprint density at radius 2 is 2.00 bits per heavy atom. The molecular formula is C8H13N. The molecule has 0 atom stereocenters. The van der Waals surface area contributed by atoms with Gasteiger partial charge in [-0.15, -0.1) is 0 Å². The topological polar surface area (TPSA) is 4.36 Å². The third kappa shape index (κ3) is 1.08. The molecule has 1 heteroatoms. The minimum Gasteiger partial charge on any atom is -0.310 e. The highest BCUT2D eigenvalue weighted by Crippen LogP contribution is 2.35. The lowest BCUT2D eigenvalue weighted by Crippen LogP contribution is -2.17. The molecule has 0 aromatic carbocycles. The highest BCUT2D eigenvalue weighted by molar-refractivity contribution is 5.00. The van der Waals surface area contributed by atoms with Crippen molar-refractivity contribution >= 4 is 0 Å². The van der Waals surface area contributed by atoms with Crippen LogP contribution in [0.2, 0.25) is 0 Å². The summed E-state index contributed by atoms with van der Waals surface area (Å²) in [6.45, 7) is 9.10. The van der Waals surface area contributed by atoms with Gasteiger partial charge in [0.2, 0.25) is 5.54 Å². The van der Waals surface area contributed by atoms with E-state index in [9.17, 15) is 0 Å². The summed E-state index contributed by atoms with van der Waals surface area (Å²) in [5.74, 6) is 0. The summed E-state index contributed by atoms with van der Waals surface area (Å²) in [5.41, 5.74) is 0.0694. The van der Waals surface area contributed by atoms with Crippen LogP contribution < -0.4 is 0 Å². The number of hydrogen-bond acceptors (Lipinski definition) is 0. The zero-order chi connectivity index (χ0) is 6.74. The second-order valence-electron chi connectivity index (χ2n) is 2.90. The molecule has 0 unspecified atom stereocenters. The van der Waals surface area contributed by atoms with Crippen molar-refractivity contribution in [1.82, 2.24) is 0 Å². The van der Waals surface area contributed by atoms with E-state index in [1.54, 1.807) is 0 Å². The molecule has 0 aromatic heterocycles. The van der Waals surface area contributed by atoms with E-state index in [-0.39, 0.29) is 5.54 Å². The van der Waals surface area contributed by atoms with Crippen LogP contribution >= 0.6 is 0 Å². The first kappa shape index (κ1) is 6.61. The van der Waals surface area contributed by atoms with Crippen molar-refractivity contribution in [2.45, 2.75) is 44.6 Å². The monoisotopic (exact) mass is 123 g/mol. The summed E-state index contributed by atoms with van der Waals surface area (Å²) in [7, 11) is 0. The number of nitrogens with zero attached hydrogens (tertiary/aromatic N) is 1. The van der Waals surface area contributed by atoms with Gasteiger partial charge in [0.25, 0.3) is 0 Å². The van der Waals surface area contributed by atoms with Gasteiger partial charge in [-0.25, -0.2) is 6.57 Å². The Balaban J connectivity index is 2.59. The van der Waals surface area contributed by atoms with Gasteiger partial charge in [-0.3, -0.25) is 0 Å². The Morgan fingerprint density at radius 1 is 1.44 bits per heavy atom. The van der Waals surface area contributed by atoms with Crippen molar-refractivity contribution in [3.8, 4) is 0 Å². The fraction of sp³-hybridized carbons (Fsp3) is 0.875. The van der Waals surface area contributed by atoms with Gasteiger partial charge >= 0.3 is 0 Å². The van der Waals surface area contributed by atoms with Crippen LogP contribution in [0.4, 0.5) is 0 Å². The lowest BCUT2D eigenvalue weighted by molar-refractivity contribution is 0.502. The summed E-state index contributed by atoms with van der Waals surface area (Å²) >= 11 is 0. The van der Waals surface area contributed by atoms with E-state index in [0.717, 1.165) is 19.3 Å².